The molecule has 0 saturated carbocycles. The van der Waals surface area contributed by atoms with Gasteiger partial charge in [-0.2, -0.15) is 5.10 Å². The molecule has 0 fully saturated rings. The largest absolute Gasteiger partial charge is 0.302 e. The summed E-state index contributed by atoms with van der Waals surface area (Å²) < 4.78 is 2.16. The summed E-state index contributed by atoms with van der Waals surface area (Å²) in [6, 6.07) is 2.53. The number of fused-ring (bicyclic) bond motifs is 1. The van der Waals surface area contributed by atoms with E-state index in [4.69, 9.17) is 0 Å². The summed E-state index contributed by atoms with van der Waals surface area (Å²) in [5.41, 5.74) is 2.54. The highest BCUT2D eigenvalue weighted by Crippen LogP contribution is 2.17. The predicted octanol–water partition coefficient (Wildman–Crippen LogP) is 2.53. The van der Waals surface area contributed by atoms with Gasteiger partial charge in [-0.3, -0.25) is 4.68 Å². The Hall–Kier alpha value is -1.20. The molecule has 3 heterocycles. The molecule has 0 unspecified atom stereocenters. The van der Waals surface area contributed by atoms with Gasteiger partial charge in [-0.05, 0) is 32.3 Å². The highest BCUT2D eigenvalue weighted by Gasteiger charge is 2.13. The van der Waals surface area contributed by atoms with Gasteiger partial charge in [-0.15, -0.1) is 11.3 Å². The molecule has 1 N–H and O–H groups in total. The number of hydrogen-bond donors (Lipinski definition) is 1. The minimum Gasteiger partial charge on any atom is -0.302 e. The Balaban J connectivity index is 1.61. The van der Waals surface area contributed by atoms with E-state index in [1.54, 1.807) is 11.3 Å². The van der Waals surface area contributed by atoms with Crippen molar-refractivity contribution in [2.24, 2.45) is 0 Å². The second-order valence-corrected chi connectivity index (χ2v) is 5.71. The molecule has 2 aromatic heterocycles. The van der Waals surface area contributed by atoms with Gasteiger partial charge in [-0.1, -0.05) is 0 Å². The van der Waals surface area contributed by atoms with Crippen LogP contribution in [0.5, 0.6) is 0 Å². The zero-order chi connectivity index (χ0) is 12.4. The maximum Gasteiger partial charge on any atom is 0.109 e. The van der Waals surface area contributed by atoms with Gasteiger partial charge in [0.1, 0.15) is 5.01 Å². The molecule has 2 aromatic rings. The zero-order valence-electron chi connectivity index (χ0n) is 10.6. The molecular formula is C13H18N4S. The third kappa shape index (κ3) is 2.47. The molecule has 0 saturated heterocycles. The normalized spacial score (nSPS) is 16.5. The van der Waals surface area contributed by atoms with Crippen molar-refractivity contribution in [2.75, 3.05) is 0 Å². The maximum absolute atomic E-state index is 4.64. The van der Waals surface area contributed by atoms with Crippen LogP contribution in [0, 0.1) is 0 Å². The smallest absolute Gasteiger partial charge is 0.109 e. The van der Waals surface area contributed by atoms with Crippen molar-refractivity contribution >= 4 is 11.3 Å². The molecule has 0 radical (unpaired) electrons. The molecule has 0 spiro atoms. The molecule has 0 amide bonds. The summed E-state index contributed by atoms with van der Waals surface area (Å²) in [6.45, 7) is 4.05. The molecule has 0 aliphatic carbocycles. The molecule has 4 nitrogen and oxygen atoms in total. The van der Waals surface area contributed by atoms with Crippen LogP contribution in [-0.4, -0.2) is 14.8 Å². The molecule has 1 aliphatic rings. The lowest BCUT2D eigenvalue weighted by Crippen LogP contribution is -2.18. The Morgan fingerprint density at radius 1 is 1.50 bits per heavy atom. The van der Waals surface area contributed by atoms with Gasteiger partial charge < -0.3 is 5.32 Å². The van der Waals surface area contributed by atoms with E-state index in [-0.39, 0.29) is 0 Å². The number of aromatic nitrogens is 3. The minimum absolute atomic E-state index is 0.295. The molecule has 0 bridgehead atoms. The predicted molar refractivity (Wildman–Crippen MR) is 72.5 cm³/mol. The first-order valence-electron chi connectivity index (χ1n) is 6.51. The number of rotatable bonds is 4. The second-order valence-electron chi connectivity index (χ2n) is 4.78. The van der Waals surface area contributed by atoms with E-state index in [2.05, 4.69) is 33.1 Å². The fourth-order valence-corrected chi connectivity index (χ4v) is 3.03. The fourth-order valence-electron chi connectivity index (χ4n) is 2.36. The Morgan fingerprint density at radius 3 is 3.22 bits per heavy atom. The number of thiazole rings is 1. The Kier molecular flexibility index (Phi) is 3.43. The van der Waals surface area contributed by atoms with Crippen LogP contribution in [0.3, 0.4) is 0 Å². The molecule has 0 aromatic carbocycles. The van der Waals surface area contributed by atoms with Crippen molar-refractivity contribution in [2.45, 2.75) is 45.3 Å². The van der Waals surface area contributed by atoms with E-state index in [1.165, 1.54) is 25.0 Å². The SMILES string of the molecule is C[C@H](NCc1cc2n(n1)CCCC2)c1nccs1. The third-order valence-corrected chi connectivity index (χ3v) is 4.34. The molecular weight excluding hydrogens is 244 g/mol. The minimum atomic E-state index is 0.295. The van der Waals surface area contributed by atoms with Crippen LogP contribution in [0.4, 0.5) is 0 Å². The van der Waals surface area contributed by atoms with Crippen molar-refractivity contribution in [3.8, 4) is 0 Å². The maximum atomic E-state index is 4.64. The zero-order valence-corrected chi connectivity index (χ0v) is 11.4. The van der Waals surface area contributed by atoms with E-state index in [0.29, 0.717) is 6.04 Å². The van der Waals surface area contributed by atoms with Crippen molar-refractivity contribution < 1.29 is 0 Å². The Labute approximate surface area is 111 Å². The first-order valence-corrected chi connectivity index (χ1v) is 7.39. The highest BCUT2D eigenvalue weighted by molar-refractivity contribution is 7.09. The summed E-state index contributed by atoms with van der Waals surface area (Å²) in [4.78, 5) is 4.32. The number of nitrogens with zero attached hydrogens (tertiary/aromatic N) is 3. The highest BCUT2D eigenvalue weighted by atomic mass is 32.1. The van der Waals surface area contributed by atoms with E-state index < -0.39 is 0 Å². The van der Waals surface area contributed by atoms with Crippen molar-refractivity contribution in [3.63, 3.8) is 0 Å². The van der Waals surface area contributed by atoms with Gasteiger partial charge in [0.25, 0.3) is 0 Å². The van der Waals surface area contributed by atoms with Gasteiger partial charge in [-0.25, -0.2) is 4.98 Å². The monoisotopic (exact) mass is 262 g/mol. The third-order valence-electron chi connectivity index (χ3n) is 3.38. The van der Waals surface area contributed by atoms with Crippen molar-refractivity contribution in [1.82, 2.24) is 20.1 Å². The molecule has 3 rings (SSSR count). The van der Waals surface area contributed by atoms with Crippen LogP contribution >= 0.6 is 11.3 Å². The van der Waals surface area contributed by atoms with Crippen LogP contribution in [-0.2, 0) is 19.5 Å². The average Bonchev–Trinajstić information content (AvgIpc) is 3.04. The van der Waals surface area contributed by atoms with Crippen molar-refractivity contribution in [3.05, 3.63) is 34.0 Å². The lowest BCUT2D eigenvalue weighted by atomic mass is 10.1. The van der Waals surface area contributed by atoms with Crippen LogP contribution in [0.15, 0.2) is 17.6 Å². The first kappa shape index (κ1) is 11.9. The Bertz CT molecular complexity index is 480. The summed E-state index contributed by atoms with van der Waals surface area (Å²) in [7, 11) is 0. The quantitative estimate of drug-likeness (QED) is 0.920. The first-order chi connectivity index (χ1) is 8.83. The number of hydrogen-bond acceptors (Lipinski definition) is 4. The molecule has 1 aliphatic heterocycles. The second kappa shape index (κ2) is 5.20. The molecule has 5 heteroatoms. The summed E-state index contributed by atoms with van der Waals surface area (Å²) >= 11 is 1.69. The van der Waals surface area contributed by atoms with Crippen LogP contribution in [0.2, 0.25) is 0 Å². The van der Waals surface area contributed by atoms with Gasteiger partial charge in [0.15, 0.2) is 0 Å². The summed E-state index contributed by atoms with van der Waals surface area (Å²) in [6.07, 6.45) is 5.59. The molecule has 96 valence electrons. The van der Waals surface area contributed by atoms with E-state index >= 15 is 0 Å². The van der Waals surface area contributed by atoms with Gasteiger partial charge in [0.2, 0.25) is 0 Å². The lowest BCUT2D eigenvalue weighted by Gasteiger charge is -2.11. The van der Waals surface area contributed by atoms with Gasteiger partial charge in [0, 0.05) is 30.4 Å². The van der Waals surface area contributed by atoms with Crippen LogP contribution < -0.4 is 5.32 Å². The van der Waals surface area contributed by atoms with E-state index in [1.807, 2.05) is 11.6 Å². The van der Waals surface area contributed by atoms with Gasteiger partial charge in [0.05, 0.1) is 11.7 Å². The van der Waals surface area contributed by atoms with Crippen molar-refractivity contribution in [1.29, 1.82) is 0 Å². The standard InChI is InChI=1S/C13H18N4S/c1-10(13-14-5-7-18-13)15-9-11-8-12-4-2-3-6-17(12)16-11/h5,7-8,10,15H,2-4,6,9H2,1H3/t10-/m0/s1. The fraction of sp³-hybridized carbons (Fsp3) is 0.538. The van der Waals surface area contributed by atoms with E-state index in [9.17, 15) is 0 Å². The summed E-state index contributed by atoms with van der Waals surface area (Å²) in [5, 5.41) is 11.3. The number of nitrogens with one attached hydrogen (secondary N) is 1. The Morgan fingerprint density at radius 2 is 2.44 bits per heavy atom. The average molecular weight is 262 g/mol. The van der Waals surface area contributed by atoms with Crippen LogP contribution in [0.1, 0.15) is 42.2 Å². The molecule has 18 heavy (non-hydrogen) atoms. The van der Waals surface area contributed by atoms with E-state index in [0.717, 1.165) is 23.8 Å². The summed E-state index contributed by atoms with van der Waals surface area (Å²) in [5.74, 6) is 0. The topological polar surface area (TPSA) is 42.7 Å². The molecule has 1 atom stereocenters. The lowest BCUT2D eigenvalue weighted by molar-refractivity contribution is 0.479. The number of aryl methyl sites for hydroxylation is 2. The van der Waals surface area contributed by atoms with Crippen LogP contribution in [0.25, 0.3) is 0 Å². The van der Waals surface area contributed by atoms with Gasteiger partial charge >= 0.3 is 0 Å².